The van der Waals surface area contributed by atoms with E-state index in [1.54, 1.807) is 19.2 Å². The number of nitrogens with one attached hydrogen (secondary N) is 1. The van der Waals surface area contributed by atoms with Crippen molar-refractivity contribution in [3.05, 3.63) is 87.5 Å². The summed E-state index contributed by atoms with van der Waals surface area (Å²) in [5.41, 5.74) is 2.69. The fraction of sp³-hybridized carbons (Fsp3) is 0.227. The Hall–Kier alpha value is -2.12. The highest BCUT2D eigenvalue weighted by Crippen LogP contribution is 2.29. The molecule has 3 rings (SSSR count). The van der Waals surface area contributed by atoms with Gasteiger partial charge in [0.25, 0.3) is 0 Å². The number of ether oxygens (including phenoxy) is 1. The van der Waals surface area contributed by atoms with Gasteiger partial charge < -0.3 is 4.74 Å². The third-order valence-corrected chi connectivity index (χ3v) is 6.90. The Kier molecular flexibility index (Phi) is 7.36. The number of halogens is 2. The molecule has 0 aliphatic carbocycles. The van der Waals surface area contributed by atoms with Gasteiger partial charge in [0.2, 0.25) is 15.9 Å². The van der Waals surface area contributed by atoms with Gasteiger partial charge in [0.15, 0.2) is 0 Å². The van der Waals surface area contributed by atoms with Crippen LogP contribution in [0, 0.1) is 0 Å². The second kappa shape index (κ2) is 9.79. The van der Waals surface area contributed by atoms with Crippen LogP contribution in [0.3, 0.4) is 0 Å². The monoisotopic (exact) mass is 464 g/mol. The molecule has 0 amide bonds. The number of rotatable bonds is 8. The summed E-state index contributed by atoms with van der Waals surface area (Å²) in [4.78, 5) is 4.40. The number of hydrogen-bond donors (Lipinski definition) is 1. The Bertz CT molecular complexity index is 1120. The molecule has 0 saturated carbocycles. The van der Waals surface area contributed by atoms with E-state index < -0.39 is 16.1 Å². The largest absolute Gasteiger partial charge is 0.473 e. The standard InChI is InChI=1S/C22H22Cl2N2O3S/c1-3-18-19(11-12-25-22(18)29-14-16-7-5-4-6-8-16)15(2)26-30(27,28)17-9-10-20(23)21(24)13-17/h4-13,15,26H,3,14H2,1-2H3. The van der Waals surface area contributed by atoms with Crippen LogP contribution in [0.1, 0.15) is 36.6 Å². The normalized spacial score (nSPS) is 12.5. The van der Waals surface area contributed by atoms with Crippen molar-refractivity contribution in [2.75, 3.05) is 0 Å². The van der Waals surface area contributed by atoms with Gasteiger partial charge in [-0.25, -0.2) is 18.1 Å². The highest BCUT2D eigenvalue weighted by molar-refractivity contribution is 7.89. The lowest BCUT2D eigenvalue weighted by Crippen LogP contribution is -2.27. The lowest BCUT2D eigenvalue weighted by molar-refractivity contribution is 0.290. The van der Waals surface area contributed by atoms with Crippen LogP contribution in [0.2, 0.25) is 10.0 Å². The third kappa shape index (κ3) is 5.32. The zero-order valence-electron chi connectivity index (χ0n) is 16.6. The van der Waals surface area contributed by atoms with Gasteiger partial charge in [-0.1, -0.05) is 60.5 Å². The average molecular weight is 465 g/mol. The van der Waals surface area contributed by atoms with Crippen LogP contribution in [-0.2, 0) is 23.1 Å². The lowest BCUT2D eigenvalue weighted by Gasteiger charge is -2.20. The SMILES string of the molecule is CCc1c(C(C)NS(=O)(=O)c2ccc(Cl)c(Cl)c2)ccnc1OCc1ccccc1. The Balaban J connectivity index is 1.82. The quantitative estimate of drug-likeness (QED) is 0.472. The summed E-state index contributed by atoms with van der Waals surface area (Å²) < 4.78 is 34.3. The summed E-state index contributed by atoms with van der Waals surface area (Å²) in [6, 6.07) is 15.3. The van der Waals surface area contributed by atoms with Crippen molar-refractivity contribution in [1.29, 1.82) is 0 Å². The van der Waals surface area contributed by atoms with Crippen LogP contribution in [0.25, 0.3) is 0 Å². The average Bonchev–Trinajstić information content (AvgIpc) is 2.74. The molecule has 1 unspecified atom stereocenters. The molecule has 0 spiro atoms. The third-order valence-electron chi connectivity index (χ3n) is 4.62. The number of sulfonamides is 1. The summed E-state index contributed by atoms with van der Waals surface area (Å²) >= 11 is 11.9. The second-order valence-corrected chi connectivity index (χ2v) is 9.26. The lowest BCUT2D eigenvalue weighted by atomic mass is 10.0. The zero-order valence-corrected chi connectivity index (χ0v) is 18.9. The Morgan fingerprint density at radius 2 is 1.80 bits per heavy atom. The van der Waals surface area contributed by atoms with Crippen molar-refractivity contribution in [2.24, 2.45) is 0 Å². The molecule has 1 heterocycles. The smallest absolute Gasteiger partial charge is 0.241 e. The molecule has 30 heavy (non-hydrogen) atoms. The molecule has 8 heteroatoms. The van der Waals surface area contributed by atoms with Gasteiger partial charge in [-0.15, -0.1) is 0 Å². The van der Waals surface area contributed by atoms with Gasteiger partial charge in [-0.2, -0.15) is 0 Å². The van der Waals surface area contributed by atoms with Crippen molar-refractivity contribution in [3.8, 4) is 5.88 Å². The summed E-state index contributed by atoms with van der Waals surface area (Å²) in [5.74, 6) is 0.499. The molecular formula is C22H22Cl2N2O3S. The predicted molar refractivity (Wildman–Crippen MR) is 120 cm³/mol. The molecule has 5 nitrogen and oxygen atoms in total. The van der Waals surface area contributed by atoms with Crippen LogP contribution < -0.4 is 9.46 Å². The molecule has 0 radical (unpaired) electrons. The minimum absolute atomic E-state index is 0.0522. The first-order valence-corrected chi connectivity index (χ1v) is 11.7. The molecule has 0 aliphatic heterocycles. The van der Waals surface area contributed by atoms with Gasteiger partial charge in [0.05, 0.1) is 14.9 Å². The van der Waals surface area contributed by atoms with E-state index in [1.807, 2.05) is 37.3 Å². The molecule has 0 bridgehead atoms. The maximum atomic E-state index is 12.8. The number of benzene rings is 2. The van der Waals surface area contributed by atoms with Gasteiger partial charge in [0, 0.05) is 17.8 Å². The second-order valence-electron chi connectivity index (χ2n) is 6.73. The maximum absolute atomic E-state index is 12.8. The van der Waals surface area contributed by atoms with Gasteiger partial charge >= 0.3 is 0 Å². The van der Waals surface area contributed by atoms with E-state index in [1.165, 1.54) is 18.2 Å². The molecule has 158 valence electrons. The molecular weight excluding hydrogens is 443 g/mol. The van der Waals surface area contributed by atoms with Gasteiger partial charge in [-0.3, -0.25) is 0 Å². The number of nitrogens with zero attached hydrogens (tertiary/aromatic N) is 1. The molecule has 0 aliphatic rings. The van der Waals surface area contributed by atoms with Crippen LogP contribution >= 0.6 is 23.2 Å². The van der Waals surface area contributed by atoms with Crippen LogP contribution in [0.5, 0.6) is 5.88 Å². The van der Waals surface area contributed by atoms with E-state index in [-0.39, 0.29) is 9.92 Å². The molecule has 2 aromatic carbocycles. The summed E-state index contributed by atoms with van der Waals surface area (Å²) in [5, 5.41) is 0.480. The Labute approximate surface area is 187 Å². The van der Waals surface area contributed by atoms with Crippen LogP contribution in [0.15, 0.2) is 65.7 Å². The molecule has 3 aromatic rings. The van der Waals surface area contributed by atoms with Crippen molar-refractivity contribution in [1.82, 2.24) is 9.71 Å². The van der Waals surface area contributed by atoms with E-state index in [9.17, 15) is 8.42 Å². The molecule has 1 aromatic heterocycles. The van der Waals surface area contributed by atoms with Crippen molar-refractivity contribution >= 4 is 33.2 Å². The van der Waals surface area contributed by atoms with Gasteiger partial charge in [-0.05, 0) is 48.7 Å². The van der Waals surface area contributed by atoms with E-state index in [2.05, 4.69) is 9.71 Å². The first kappa shape index (κ1) is 22.6. The van der Waals surface area contributed by atoms with Crippen molar-refractivity contribution in [3.63, 3.8) is 0 Å². The first-order valence-electron chi connectivity index (χ1n) is 9.43. The molecule has 0 saturated heterocycles. The predicted octanol–water partition coefficient (Wildman–Crippen LogP) is 5.57. The number of pyridine rings is 1. The van der Waals surface area contributed by atoms with E-state index in [0.717, 1.165) is 16.7 Å². The van der Waals surface area contributed by atoms with E-state index in [0.29, 0.717) is 23.9 Å². The number of aromatic nitrogens is 1. The van der Waals surface area contributed by atoms with Crippen molar-refractivity contribution < 1.29 is 13.2 Å². The molecule has 0 fully saturated rings. The van der Waals surface area contributed by atoms with Gasteiger partial charge in [0.1, 0.15) is 6.61 Å². The fourth-order valence-electron chi connectivity index (χ4n) is 3.11. The summed E-state index contributed by atoms with van der Waals surface area (Å²) in [6.45, 7) is 4.15. The fourth-order valence-corrected chi connectivity index (χ4v) is 4.72. The minimum atomic E-state index is -3.79. The van der Waals surface area contributed by atoms with Crippen LogP contribution in [0.4, 0.5) is 0 Å². The van der Waals surface area contributed by atoms with Crippen LogP contribution in [-0.4, -0.2) is 13.4 Å². The van der Waals surface area contributed by atoms with E-state index >= 15 is 0 Å². The van der Waals surface area contributed by atoms with E-state index in [4.69, 9.17) is 27.9 Å². The first-order chi connectivity index (χ1) is 14.3. The highest BCUT2D eigenvalue weighted by atomic mass is 35.5. The maximum Gasteiger partial charge on any atom is 0.241 e. The zero-order chi connectivity index (χ0) is 21.7. The Morgan fingerprint density at radius 1 is 1.07 bits per heavy atom. The summed E-state index contributed by atoms with van der Waals surface area (Å²) in [7, 11) is -3.79. The molecule has 1 atom stereocenters. The van der Waals surface area contributed by atoms with Crippen molar-refractivity contribution in [2.45, 2.75) is 37.8 Å². The Morgan fingerprint density at radius 3 is 2.47 bits per heavy atom. The minimum Gasteiger partial charge on any atom is -0.473 e. The topological polar surface area (TPSA) is 68.3 Å². The summed E-state index contributed by atoms with van der Waals surface area (Å²) in [6.07, 6.45) is 2.27. The highest BCUT2D eigenvalue weighted by Gasteiger charge is 2.22. The number of hydrogen-bond acceptors (Lipinski definition) is 4. The molecule has 1 N–H and O–H groups in total.